The summed E-state index contributed by atoms with van der Waals surface area (Å²) in [6.07, 6.45) is 2.01. The fourth-order valence-electron chi connectivity index (χ4n) is 1.54. The number of esters is 1. The fourth-order valence-corrected chi connectivity index (χ4v) is 1.54. The molecule has 1 heterocycles. The van der Waals surface area contributed by atoms with Crippen LogP contribution in [0.4, 0.5) is 0 Å². The van der Waals surface area contributed by atoms with Gasteiger partial charge in [0.1, 0.15) is 0 Å². The van der Waals surface area contributed by atoms with Crippen LogP contribution < -0.4 is 5.32 Å². The van der Waals surface area contributed by atoms with Gasteiger partial charge in [0.05, 0.1) is 12.0 Å². The minimum atomic E-state index is -0.283. The number of ether oxygens (including phenoxy) is 1. The van der Waals surface area contributed by atoms with Gasteiger partial charge in [-0.2, -0.15) is 0 Å². The monoisotopic (exact) mass is 171 g/mol. The van der Waals surface area contributed by atoms with Gasteiger partial charge in [0.25, 0.3) is 0 Å². The van der Waals surface area contributed by atoms with Crippen molar-refractivity contribution in [1.29, 1.82) is 0 Å². The quantitative estimate of drug-likeness (QED) is 0.628. The number of hydrogen-bond acceptors (Lipinski definition) is 3. The maximum Gasteiger partial charge on any atom is 0.313 e. The fraction of sp³-hybridized carbons (Fsp3) is 0.889. The van der Waals surface area contributed by atoms with Crippen molar-refractivity contribution in [1.82, 2.24) is 5.32 Å². The van der Waals surface area contributed by atoms with Gasteiger partial charge < -0.3 is 10.1 Å². The van der Waals surface area contributed by atoms with E-state index in [0.717, 1.165) is 25.9 Å². The van der Waals surface area contributed by atoms with Gasteiger partial charge in [-0.05, 0) is 33.2 Å². The molecule has 0 spiro atoms. The van der Waals surface area contributed by atoms with Gasteiger partial charge in [-0.15, -0.1) is 0 Å². The van der Waals surface area contributed by atoms with Crippen molar-refractivity contribution < 1.29 is 9.53 Å². The van der Waals surface area contributed by atoms with E-state index in [0.29, 0.717) is 6.61 Å². The van der Waals surface area contributed by atoms with E-state index in [1.54, 1.807) is 0 Å². The van der Waals surface area contributed by atoms with Gasteiger partial charge in [0.15, 0.2) is 0 Å². The summed E-state index contributed by atoms with van der Waals surface area (Å²) in [6.45, 7) is 6.07. The Morgan fingerprint density at radius 3 is 2.92 bits per heavy atom. The number of piperidine rings is 1. The van der Waals surface area contributed by atoms with Crippen molar-refractivity contribution in [3.05, 3.63) is 0 Å². The molecule has 1 saturated heterocycles. The first-order valence-electron chi connectivity index (χ1n) is 4.57. The second-order valence-electron chi connectivity index (χ2n) is 3.56. The van der Waals surface area contributed by atoms with Gasteiger partial charge >= 0.3 is 5.97 Å². The highest BCUT2D eigenvalue weighted by Gasteiger charge is 2.35. The van der Waals surface area contributed by atoms with Gasteiger partial charge in [0.2, 0.25) is 0 Å². The number of hydrogen-bond donors (Lipinski definition) is 1. The average Bonchev–Trinajstić information content (AvgIpc) is 2.06. The van der Waals surface area contributed by atoms with Gasteiger partial charge in [-0.1, -0.05) is 0 Å². The van der Waals surface area contributed by atoms with Crippen molar-refractivity contribution in [2.75, 3.05) is 19.7 Å². The molecule has 3 nitrogen and oxygen atoms in total. The van der Waals surface area contributed by atoms with E-state index in [1.807, 2.05) is 13.8 Å². The Hall–Kier alpha value is -0.570. The Kier molecular flexibility index (Phi) is 3.09. The lowest BCUT2D eigenvalue weighted by atomic mass is 9.83. The summed E-state index contributed by atoms with van der Waals surface area (Å²) in [5.41, 5.74) is -0.283. The lowest BCUT2D eigenvalue weighted by Crippen LogP contribution is -2.44. The zero-order valence-corrected chi connectivity index (χ0v) is 7.85. The molecule has 0 bridgehead atoms. The summed E-state index contributed by atoms with van der Waals surface area (Å²) in [6, 6.07) is 0. The molecule has 1 atom stereocenters. The van der Waals surface area contributed by atoms with Crippen LogP contribution in [-0.4, -0.2) is 25.7 Å². The maximum atomic E-state index is 11.5. The van der Waals surface area contributed by atoms with Crippen molar-refractivity contribution in [2.24, 2.45) is 5.41 Å². The van der Waals surface area contributed by atoms with Crippen LogP contribution in [0.2, 0.25) is 0 Å². The second-order valence-corrected chi connectivity index (χ2v) is 3.56. The molecule has 0 radical (unpaired) electrons. The third-order valence-corrected chi connectivity index (χ3v) is 2.37. The molecule has 0 amide bonds. The molecule has 0 aromatic rings. The molecule has 1 rings (SSSR count). The lowest BCUT2D eigenvalue weighted by molar-refractivity contribution is -0.155. The Balaban J connectivity index is 2.50. The summed E-state index contributed by atoms with van der Waals surface area (Å²) >= 11 is 0. The van der Waals surface area contributed by atoms with E-state index in [9.17, 15) is 4.79 Å². The average molecular weight is 171 g/mol. The highest BCUT2D eigenvalue weighted by molar-refractivity contribution is 5.76. The minimum absolute atomic E-state index is 0.0581. The first-order chi connectivity index (χ1) is 5.69. The first kappa shape index (κ1) is 9.52. The number of rotatable bonds is 2. The highest BCUT2D eigenvalue weighted by Crippen LogP contribution is 2.26. The summed E-state index contributed by atoms with van der Waals surface area (Å²) in [5, 5.41) is 3.21. The molecule has 1 aliphatic rings. The maximum absolute atomic E-state index is 11.5. The van der Waals surface area contributed by atoms with Crippen LogP contribution in [0.3, 0.4) is 0 Å². The third kappa shape index (κ3) is 1.97. The van der Waals surface area contributed by atoms with Gasteiger partial charge in [-0.3, -0.25) is 4.79 Å². The Bertz CT molecular complexity index is 162. The van der Waals surface area contributed by atoms with Crippen LogP contribution in [-0.2, 0) is 9.53 Å². The number of carbonyl (C=O) groups excluding carboxylic acids is 1. The predicted octanol–water partition coefficient (Wildman–Crippen LogP) is 0.939. The second kappa shape index (κ2) is 3.90. The largest absolute Gasteiger partial charge is 0.466 e. The molecular formula is C9H17NO2. The molecule has 0 saturated carbocycles. The van der Waals surface area contributed by atoms with E-state index in [-0.39, 0.29) is 11.4 Å². The topological polar surface area (TPSA) is 38.3 Å². The molecule has 3 heteroatoms. The molecule has 12 heavy (non-hydrogen) atoms. The molecule has 70 valence electrons. The molecule has 0 aromatic carbocycles. The molecular weight excluding hydrogens is 154 g/mol. The zero-order chi connectivity index (χ0) is 9.03. The van der Waals surface area contributed by atoms with Crippen LogP contribution in [0.25, 0.3) is 0 Å². The first-order valence-corrected chi connectivity index (χ1v) is 4.57. The standard InChI is InChI=1S/C9H17NO2/c1-3-12-8(11)9(2)5-4-6-10-7-9/h10H,3-7H2,1-2H3/t9-/m1/s1. The summed E-state index contributed by atoms with van der Waals surface area (Å²) in [5.74, 6) is -0.0581. The van der Waals surface area contributed by atoms with Gasteiger partial charge in [-0.25, -0.2) is 0 Å². The van der Waals surface area contributed by atoms with Gasteiger partial charge in [0, 0.05) is 6.54 Å². The third-order valence-electron chi connectivity index (χ3n) is 2.37. The van der Waals surface area contributed by atoms with Crippen LogP contribution in [0.1, 0.15) is 26.7 Å². The van der Waals surface area contributed by atoms with Crippen LogP contribution in [0.15, 0.2) is 0 Å². The van der Waals surface area contributed by atoms with Crippen LogP contribution in [0, 0.1) is 5.41 Å². The Labute approximate surface area is 73.5 Å². The number of nitrogens with one attached hydrogen (secondary N) is 1. The molecule has 0 aliphatic carbocycles. The molecule has 0 unspecified atom stereocenters. The Morgan fingerprint density at radius 2 is 2.42 bits per heavy atom. The van der Waals surface area contributed by atoms with E-state index in [4.69, 9.17) is 4.74 Å². The van der Waals surface area contributed by atoms with Crippen molar-refractivity contribution in [3.8, 4) is 0 Å². The zero-order valence-electron chi connectivity index (χ0n) is 7.85. The smallest absolute Gasteiger partial charge is 0.313 e. The lowest BCUT2D eigenvalue weighted by Gasteiger charge is -2.31. The summed E-state index contributed by atoms with van der Waals surface area (Å²) in [7, 11) is 0. The molecule has 1 N–H and O–H groups in total. The summed E-state index contributed by atoms with van der Waals surface area (Å²) < 4.78 is 5.01. The minimum Gasteiger partial charge on any atom is -0.466 e. The Morgan fingerprint density at radius 1 is 1.67 bits per heavy atom. The number of carbonyl (C=O) groups is 1. The van der Waals surface area contributed by atoms with E-state index in [1.165, 1.54) is 0 Å². The SMILES string of the molecule is CCOC(=O)[C@]1(C)CCCNC1. The van der Waals surface area contributed by atoms with Crippen molar-refractivity contribution in [3.63, 3.8) is 0 Å². The highest BCUT2D eigenvalue weighted by atomic mass is 16.5. The predicted molar refractivity (Wildman–Crippen MR) is 46.8 cm³/mol. The van der Waals surface area contributed by atoms with Crippen LogP contribution >= 0.6 is 0 Å². The van der Waals surface area contributed by atoms with Crippen LogP contribution in [0.5, 0.6) is 0 Å². The molecule has 0 aromatic heterocycles. The van der Waals surface area contributed by atoms with Crippen molar-refractivity contribution in [2.45, 2.75) is 26.7 Å². The normalized spacial score (nSPS) is 29.8. The van der Waals surface area contributed by atoms with E-state index >= 15 is 0 Å². The van der Waals surface area contributed by atoms with E-state index < -0.39 is 0 Å². The molecule has 1 fully saturated rings. The summed E-state index contributed by atoms with van der Waals surface area (Å²) in [4.78, 5) is 11.5. The van der Waals surface area contributed by atoms with Crippen molar-refractivity contribution >= 4 is 5.97 Å². The van der Waals surface area contributed by atoms with E-state index in [2.05, 4.69) is 5.32 Å². The molecule has 1 aliphatic heterocycles.